The van der Waals surface area contributed by atoms with Gasteiger partial charge in [0.25, 0.3) is 0 Å². The second-order valence-corrected chi connectivity index (χ2v) is 5.85. The summed E-state index contributed by atoms with van der Waals surface area (Å²) in [7, 11) is 0. The van der Waals surface area contributed by atoms with Gasteiger partial charge in [-0.15, -0.1) is 0 Å². The molecule has 2 N–H and O–H groups in total. The molecule has 1 amide bonds. The minimum atomic E-state index is 0.150. The first-order valence-electron chi connectivity index (χ1n) is 6.36. The van der Waals surface area contributed by atoms with Crippen LogP contribution in [-0.4, -0.2) is 18.5 Å². The van der Waals surface area contributed by atoms with E-state index in [1.54, 1.807) is 0 Å². The van der Waals surface area contributed by atoms with Crippen molar-refractivity contribution in [3.8, 4) is 0 Å². The Kier molecular flexibility index (Phi) is 4.27. The van der Waals surface area contributed by atoms with Crippen molar-refractivity contribution in [2.75, 3.05) is 11.9 Å². The Morgan fingerprint density at radius 1 is 1.33 bits per heavy atom. The molecule has 0 aromatic heterocycles. The summed E-state index contributed by atoms with van der Waals surface area (Å²) >= 11 is 3.48. The first-order chi connectivity index (χ1) is 8.56. The molecule has 2 rings (SSSR count). The van der Waals surface area contributed by atoms with Crippen molar-refractivity contribution >= 4 is 27.5 Å². The normalized spacial score (nSPS) is 14.4. The van der Waals surface area contributed by atoms with Gasteiger partial charge >= 0.3 is 0 Å². The number of benzene rings is 1. The summed E-state index contributed by atoms with van der Waals surface area (Å²) < 4.78 is 1.09. The van der Waals surface area contributed by atoms with Crippen LogP contribution in [0.25, 0.3) is 0 Å². The van der Waals surface area contributed by atoms with Gasteiger partial charge in [0.2, 0.25) is 5.91 Å². The maximum Gasteiger partial charge on any atom is 0.221 e. The SMILES string of the molecule is Cc1cc(Br)cc(C)c1NCCC(=O)NC1CC1. The van der Waals surface area contributed by atoms with E-state index in [0.29, 0.717) is 19.0 Å². The van der Waals surface area contributed by atoms with Crippen molar-refractivity contribution in [1.29, 1.82) is 0 Å². The standard InChI is InChI=1S/C14H19BrN2O/c1-9-7-11(15)8-10(2)14(9)16-6-5-13(18)17-12-3-4-12/h7-8,12,16H,3-6H2,1-2H3,(H,17,18). The highest BCUT2D eigenvalue weighted by Gasteiger charge is 2.22. The van der Waals surface area contributed by atoms with E-state index in [4.69, 9.17) is 0 Å². The number of amides is 1. The van der Waals surface area contributed by atoms with Gasteiger partial charge in [0.15, 0.2) is 0 Å². The van der Waals surface area contributed by atoms with E-state index in [-0.39, 0.29) is 5.91 Å². The van der Waals surface area contributed by atoms with Gasteiger partial charge in [0.1, 0.15) is 0 Å². The smallest absolute Gasteiger partial charge is 0.221 e. The summed E-state index contributed by atoms with van der Waals surface area (Å²) in [6.07, 6.45) is 2.82. The first-order valence-corrected chi connectivity index (χ1v) is 7.15. The first kappa shape index (κ1) is 13.4. The fourth-order valence-corrected chi connectivity index (χ4v) is 2.70. The number of nitrogens with one attached hydrogen (secondary N) is 2. The third-order valence-electron chi connectivity index (χ3n) is 3.09. The molecule has 4 heteroatoms. The molecule has 1 aliphatic carbocycles. The Bertz CT molecular complexity index is 432. The molecular weight excluding hydrogens is 292 g/mol. The Labute approximate surface area is 116 Å². The Morgan fingerprint density at radius 2 is 1.94 bits per heavy atom. The summed E-state index contributed by atoms with van der Waals surface area (Å²) in [4.78, 5) is 11.5. The van der Waals surface area contributed by atoms with Crippen molar-refractivity contribution in [1.82, 2.24) is 5.32 Å². The molecule has 0 spiro atoms. The maximum atomic E-state index is 11.5. The van der Waals surface area contributed by atoms with Crippen LogP contribution in [0.5, 0.6) is 0 Å². The summed E-state index contributed by atoms with van der Waals surface area (Å²) in [5.74, 6) is 0.150. The Morgan fingerprint density at radius 3 is 2.50 bits per heavy atom. The number of carbonyl (C=O) groups is 1. The second-order valence-electron chi connectivity index (χ2n) is 4.93. The lowest BCUT2D eigenvalue weighted by molar-refractivity contribution is -0.120. The highest BCUT2D eigenvalue weighted by molar-refractivity contribution is 9.10. The molecule has 1 fully saturated rings. The molecule has 18 heavy (non-hydrogen) atoms. The fourth-order valence-electron chi connectivity index (χ4n) is 2.02. The van der Waals surface area contributed by atoms with Gasteiger partial charge in [-0.1, -0.05) is 15.9 Å². The summed E-state index contributed by atoms with van der Waals surface area (Å²) in [5.41, 5.74) is 3.53. The van der Waals surface area contributed by atoms with Gasteiger partial charge in [0.05, 0.1) is 0 Å². The molecule has 0 bridgehead atoms. The van der Waals surface area contributed by atoms with Crippen LogP contribution < -0.4 is 10.6 Å². The van der Waals surface area contributed by atoms with Gasteiger partial charge < -0.3 is 10.6 Å². The fraction of sp³-hybridized carbons (Fsp3) is 0.500. The lowest BCUT2D eigenvalue weighted by Gasteiger charge is -2.13. The van der Waals surface area contributed by atoms with E-state index < -0.39 is 0 Å². The zero-order valence-corrected chi connectivity index (χ0v) is 12.4. The molecule has 98 valence electrons. The van der Waals surface area contributed by atoms with Crippen LogP contribution >= 0.6 is 15.9 Å². The number of aryl methyl sites for hydroxylation is 2. The number of halogens is 1. The van der Waals surface area contributed by atoms with E-state index in [9.17, 15) is 4.79 Å². The van der Waals surface area contributed by atoms with Crippen LogP contribution in [0.3, 0.4) is 0 Å². The molecule has 0 unspecified atom stereocenters. The van der Waals surface area contributed by atoms with Crippen molar-refractivity contribution in [2.24, 2.45) is 0 Å². The number of anilines is 1. The van der Waals surface area contributed by atoms with Crippen LogP contribution in [0.1, 0.15) is 30.4 Å². The highest BCUT2D eigenvalue weighted by atomic mass is 79.9. The summed E-state index contributed by atoms with van der Waals surface area (Å²) in [6.45, 7) is 4.83. The molecule has 0 aliphatic heterocycles. The predicted molar refractivity (Wildman–Crippen MR) is 77.9 cm³/mol. The van der Waals surface area contributed by atoms with Crippen molar-refractivity contribution in [2.45, 2.75) is 39.2 Å². The van der Waals surface area contributed by atoms with E-state index in [1.165, 1.54) is 11.1 Å². The number of carbonyl (C=O) groups excluding carboxylic acids is 1. The topological polar surface area (TPSA) is 41.1 Å². The third kappa shape index (κ3) is 3.73. The average molecular weight is 311 g/mol. The molecule has 0 heterocycles. The van der Waals surface area contributed by atoms with Crippen molar-refractivity contribution in [3.05, 3.63) is 27.7 Å². The van der Waals surface area contributed by atoms with Crippen LogP contribution in [0.2, 0.25) is 0 Å². The lowest BCUT2D eigenvalue weighted by atomic mass is 10.1. The van der Waals surface area contributed by atoms with Gasteiger partial charge in [-0.3, -0.25) is 4.79 Å². The van der Waals surface area contributed by atoms with E-state index in [2.05, 4.69) is 52.5 Å². The van der Waals surface area contributed by atoms with Crippen LogP contribution in [-0.2, 0) is 4.79 Å². The highest BCUT2D eigenvalue weighted by Crippen LogP contribution is 2.25. The molecular formula is C14H19BrN2O. The minimum absolute atomic E-state index is 0.150. The van der Waals surface area contributed by atoms with Crippen LogP contribution in [0.4, 0.5) is 5.69 Å². The number of hydrogen-bond donors (Lipinski definition) is 2. The van der Waals surface area contributed by atoms with Crippen LogP contribution in [0.15, 0.2) is 16.6 Å². The summed E-state index contributed by atoms with van der Waals surface area (Å²) in [6, 6.07) is 4.62. The van der Waals surface area contributed by atoms with E-state index in [1.807, 2.05) is 0 Å². The second kappa shape index (κ2) is 5.74. The third-order valence-corrected chi connectivity index (χ3v) is 3.55. The van der Waals surface area contributed by atoms with Gasteiger partial charge in [-0.05, 0) is 49.9 Å². The Hall–Kier alpha value is -1.03. The molecule has 1 aromatic carbocycles. The maximum absolute atomic E-state index is 11.5. The van der Waals surface area contributed by atoms with E-state index >= 15 is 0 Å². The minimum Gasteiger partial charge on any atom is -0.384 e. The molecule has 0 radical (unpaired) electrons. The molecule has 0 saturated heterocycles. The largest absolute Gasteiger partial charge is 0.384 e. The lowest BCUT2D eigenvalue weighted by Crippen LogP contribution is -2.27. The molecule has 3 nitrogen and oxygen atoms in total. The van der Waals surface area contributed by atoms with Gasteiger partial charge in [-0.25, -0.2) is 0 Å². The van der Waals surface area contributed by atoms with Crippen LogP contribution in [0, 0.1) is 13.8 Å². The van der Waals surface area contributed by atoms with Crippen molar-refractivity contribution in [3.63, 3.8) is 0 Å². The van der Waals surface area contributed by atoms with Gasteiger partial charge in [0, 0.05) is 29.2 Å². The quantitative estimate of drug-likeness (QED) is 0.877. The zero-order valence-electron chi connectivity index (χ0n) is 10.8. The molecule has 1 saturated carbocycles. The number of rotatable bonds is 5. The predicted octanol–water partition coefficient (Wildman–Crippen LogP) is 3.15. The molecule has 1 aliphatic rings. The van der Waals surface area contributed by atoms with E-state index in [0.717, 1.165) is 23.0 Å². The zero-order chi connectivity index (χ0) is 13.1. The number of hydrogen-bond acceptors (Lipinski definition) is 2. The summed E-state index contributed by atoms with van der Waals surface area (Å²) in [5, 5.41) is 6.34. The van der Waals surface area contributed by atoms with Crippen molar-refractivity contribution < 1.29 is 4.79 Å². The molecule has 0 atom stereocenters. The average Bonchev–Trinajstić information content (AvgIpc) is 3.05. The molecule has 1 aromatic rings. The monoisotopic (exact) mass is 310 g/mol. The van der Waals surface area contributed by atoms with Gasteiger partial charge in [-0.2, -0.15) is 0 Å². The Balaban J connectivity index is 1.84.